The van der Waals surface area contributed by atoms with Gasteiger partial charge in [0, 0.05) is 0 Å². The van der Waals surface area contributed by atoms with Crippen molar-refractivity contribution < 1.29 is 0 Å². The zero-order chi connectivity index (χ0) is 3.41. The fourth-order valence-corrected chi connectivity index (χ4v) is 0. The predicted octanol–water partition coefficient (Wildman–Crippen LogP) is 2.67. The molecule has 0 rings (SSSR count). The Balaban J connectivity index is 1.97. The van der Waals surface area contributed by atoms with E-state index < -0.39 is 0 Å². The zero-order valence-electron chi connectivity index (χ0n) is 1.90. The van der Waals surface area contributed by atoms with E-state index in [-0.39, 0.29) is 0 Å². The van der Waals surface area contributed by atoms with Gasteiger partial charge in [-0.15, -0.1) is 8.93 Å². The molecular formula is H3IP3-. The van der Waals surface area contributed by atoms with E-state index in [4.69, 9.17) is 0 Å². The standard InChI is InChI=1S/H3IP3/c1-3-4-2/h4H,2H2/q-1. The molecule has 0 saturated heterocycles. The van der Waals surface area contributed by atoms with Crippen molar-refractivity contribution in [2.75, 3.05) is 0 Å². The molecule has 0 saturated carbocycles. The lowest BCUT2D eigenvalue weighted by molar-refractivity contribution is 5.48. The maximum absolute atomic E-state index is 2.66. The first-order valence-corrected chi connectivity index (χ1v) is 8.01. The largest absolute Gasteiger partial charge is 0.431 e. The molecule has 0 aromatic heterocycles. The van der Waals surface area contributed by atoms with Crippen LogP contribution in [0.1, 0.15) is 0 Å². The molecule has 0 radical (unpaired) electrons. The van der Waals surface area contributed by atoms with Crippen molar-refractivity contribution >= 4 is 44.8 Å². The van der Waals surface area contributed by atoms with E-state index in [1.165, 1.54) is 5.91 Å². The van der Waals surface area contributed by atoms with Gasteiger partial charge in [0.15, 0.2) is 0 Å². The number of rotatable bonds is 1. The third kappa shape index (κ3) is 4.02. The Bertz CT molecular complexity index is 5.25. The smallest absolute Gasteiger partial charge is 0.144 e. The van der Waals surface area contributed by atoms with Crippen LogP contribution in [0.2, 0.25) is 0 Å². The highest BCUT2D eigenvalue weighted by atomic mass is 127. The Hall–Kier alpha value is 2.02. The highest BCUT2D eigenvalue weighted by molar-refractivity contribution is 14.2. The lowest BCUT2D eigenvalue weighted by Gasteiger charge is -1.94. The van der Waals surface area contributed by atoms with Crippen LogP contribution in [0.5, 0.6) is 0 Å². The van der Waals surface area contributed by atoms with Crippen molar-refractivity contribution in [3.63, 3.8) is 0 Å². The summed E-state index contributed by atoms with van der Waals surface area (Å²) in [5.74, 6) is 1.46. The summed E-state index contributed by atoms with van der Waals surface area (Å²) in [7, 11) is 3.68. The maximum Gasteiger partial charge on any atom is -0.144 e. The van der Waals surface area contributed by atoms with Crippen molar-refractivity contribution in [1.29, 1.82) is 0 Å². The summed E-state index contributed by atoms with van der Waals surface area (Å²) in [6.07, 6.45) is 0. The summed E-state index contributed by atoms with van der Waals surface area (Å²) in [6.45, 7) is 0. The summed E-state index contributed by atoms with van der Waals surface area (Å²) in [5, 5.41) is 0. The minimum absolute atomic E-state index is 1.02. The van der Waals surface area contributed by atoms with Gasteiger partial charge in [-0.25, -0.2) is 0 Å². The van der Waals surface area contributed by atoms with Crippen LogP contribution >= 0.6 is 44.8 Å². The third-order valence-corrected chi connectivity index (χ3v) is 8.84. The average Bonchev–Trinajstić information content (AvgIpc) is 1.37. The van der Waals surface area contributed by atoms with Crippen molar-refractivity contribution in [2.24, 2.45) is 0 Å². The molecule has 0 spiro atoms. The van der Waals surface area contributed by atoms with Gasteiger partial charge in [0.05, 0.1) is 0 Å². The molecule has 0 aliphatic carbocycles. The Kier molecular flexibility index (Phi) is 7.56. The molecule has 0 fully saturated rings. The van der Waals surface area contributed by atoms with Crippen LogP contribution in [0.25, 0.3) is 0 Å². The average molecular weight is 223 g/mol. The molecular weight excluding hydrogens is 220 g/mol. The molecule has 4 heteroatoms. The molecule has 0 bridgehead atoms. The summed E-state index contributed by atoms with van der Waals surface area (Å²) in [5.41, 5.74) is 0. The molecule has 0 aromatic rings. The Morgan fingerprint density at radius 1 is 2.00 bits per heavy atom. The van der Waals surface area contributed by atoms with Gasteiger partial charge in [-0.05, 0) is 0 Å². The van der Waals surface area contributed by atoms with Gasteiger partial charge in [0.2, 0.25) is 0 Å². The first kappa shape index (κ1) is 6.02. The van der Waals surface area contributed by atoms with E-state index in [9.17, 15) is 0 Å². The van der Waals surface area contributed by atoms with E-state index in [1.54, 1.807) is 0 Å². The fourth-order valence-electron chi connectivity index (χ4n) is 0. The Labute approximate surface area is 44.9 Å². The van der Waals surface area contributed by atoms with Crippen LogP contribution in [-0.2, 0) is 0 Å². The van der Waals surface area contributed by atoms with Gasteiger partial charge < -0.3 is 28.0 Å². The first-order chi connectivity index (χ1) is 1.91. The molecule has 0 heterocycles. The molecule has 2 atom stereocenters. The van der Waals surface area contributed by atoms with Gasteiger partial charge in [-0.2, -0.15) is 0 Å². The molecule has 4 heavy (non-hydrogen) atoms. The second-order valence-corrected chi connectivity index (χ2v) is 8.59. The minimum Gasteiger partial charge on any atom is -0.431 e. The summed E-state index contributed by atoms with van der Waals surface area (Å²) >= 11 is 2.32. The Morgan fingerprint density at radius 2 is 2.25 bits per heavy atom. The van der Waals surface area contributed by atoms with Crippen LogP contribution in [0.3, 0.4) is 0 Å². The number of hydrogen-bond acceptors (Lipinski definition) is 0. The summed E-state index contributed by atoms with van der Waals surface area (Å²) in [6, 6.07) is 0. The van der Waals surface area contributed by atoms with E-state index >= 15 is 0 Å². The number of hydrogen-bond donors (Lipinski definition) is 0. The summed E-state index contributed by atoms with van der Waals surface area (Å²) in [4.78, 5) is 0. The van der Waals surface area contributed by atoms with Crippen molar-refractivity contribution in [2.45, 2.75) is 0 Å². The highest BCUT2D eigenvalue weighted by Crippen LogP contribution is 2.48. The molecule has 2 unspecified atom stereocenters. The van der Waals surface area contributed by atoms with Gasteiger partial charge in [0.25, 0.3) is 0 Å². The lowest BCUT2D eigenvalue weighted by atomic mass is 29.6. The minimum atomic E-state index is 1.02. The molecule has 0 amide bonds. The quantitative estimate of drug-likeness (QED) is 0.473. The van der Waals surface area contributed by atoms with Gasteiger partial charge >= 0.3 is 0 Å². The normalized spacial score (nSPS) is 13.5. The van der Waals surface area contributed by atoms with Gasteiger partial charge in [-0.1, -0.05) is 0 Å². The van der Waals surface area contributed by atoms with Crippen LogP contribution in [-0.4, -0.2) is 0 Å². The molecule has 26 valence electrons. The SMILES string of the molecule is PP[P-]I. The summed E-state index contributed by atoms with van der Waals surface area (Å²) < 4.78 is 0. The predicted molar refractivity (Wildman–Crippen MR) is 39.0 cm³/mol. The van der Waals surface area contributed by atoms with Crippen LogP contribution in [0.15, 0.2) is 0 Å². The van der Waals surface area contributed by atoms with E-state index in [0.717, 1.165) is 7.96 Å². The maximum atomic E-state index is 2.66. The second kappa shape index (κ2) is 5.02. The zero-order valence-corrected chi connectivity index (χ0v) is 7.11. The van der Waals surface area contributed by atoms with Crippen molar-refractivity contribution in [1.82, 2.24) is 0 Å². The molecule has 0 aliphatic rings. The topological polar surface area (TPSA) is 0 Å². The monoisotopic (exact) mass is 223 g/mol. The number of halogens is 1. The second-order valence-electron chi connectivity index (χ2n) is 0.214. The third-order valence-electron chi connectivity index (χ3n) is 0.0488. The van der Waals surface area contributed by atoms with Crippen LogP contribution < -0.4 is 0 Å². The van der Waals surface area contributed by atoms with E-state index in [1.807, 2.05) is 0 Å². The molecule has 0 aromatic carbocycles. The lowest BCUT2D eigenvalue weighted by Crippen LogP contribution is -0.753. The van der Waals surface area contributed by atoms with Gasteiger partial charge in [-0.3, -0.25) is 7.96 Å². The van der Waals surface area contributed by atoms with E-state index in [0.29, 0.717) is 0 Å². The molecule has 0 aliphatic heterocycles. The van der Waals surface area contributed by atoms with Crippen molar-refractivity contribution in [3.8, 4) is 0 Å². The highest BCUT2D eigenvalue weighted by Gasteiger charge is 1.32. The Morgan fingerprint density at radius 3 is 2.25 bits per heavy atom. The fraction of sp³-hybridized carbons (Fsp3) is 0. The van der Waals surface area contributed by atoms with Crippen molar-refractivity contribution in [3.05, 3.63) is 0 Å². The van der Waals surface area contributed by atoms with Crippen LogP contribution in [0, 0.1) is 0 Å². The van der Waals surface area contributed by atoms with Gasteiger partial charge in [0.1, 0.15) is 0 Å². The molecule has 0 N–H and O–H groups in total. The first-order valence-electron chi connectivity index (χ1n) is 0.681. The molecule has 0 nitrogen and oxygen atoms in total. The van der Waals surface area contributed by atoms with Crippen LogP contribution in [0.4, 0.5) is 0 Å². The van der Waals surface area contributed by atoms with E-state index in [2.05, 4.69) is 31.0 Å².